The quantitative estimate of drug-likeness (QED) is 0.686. The molecular formula is C13H10ClNO4. The first-order chi connectivity index (χ1) is 9.11. The van der Waals surface area contributed by atoms with Crippen LogP contribution in [-0.2, 0) is 6.61 Å². The van der Waals surface area contributed by atoms with Gasteiger partial charge in [0, 0.05) is 11.6 Å². The van der Waals surface area contributed by atoms with Gasteiger partial charge in [-0.15, -0.1) is 0 Å². The maximum absolute atomic E-state index is 10.7. The van der Waals surface area contributed by atoms with Crippen LogP contribution < -0.4 is 4.74 Å². The second kappa shape index (κ2) is 5.69. The minimum atomic E-state index is -0.508. The van der Waals surface area contributed by atoms with Gasteiger partial charge in [0.1, 0.15) is 5.75 Å². The Balaban J connectivity index is 2.36. The molecule has 2 aromatic carbocycles. The highest BCUT2D eigenvalue weighted by atomic mass is 35.5. The van der Waals surface area contributed by atoms with Gasteiger partial charge in [-0.25, -0.2) is 0 Å². The van der Waals surface area contributed by atoms with Crippen molar-refractivity contribution in [3.63, 3.8) is 0 Å². The van der Waals surface area contributed by atoms with E-state index in [0.717, 1.165) is 0 Å². The third-order valence-corrected chi connectivity index (χ3v) is 2.76. The highest BCUT2D eigenvalue weighted by Gasteiger charge is 2.11. The maximum Gasteiger partial charge on any atom is 0.273 e. The molecule has 5 nitrogen and oxygen atoms in total. The van der Waals surface area contributed by atoms with E-state index in [9.17, 15) is 15.2 Å². The molecule has 6 heteroatoms. The van der Waals surface area contributed by atoms with Crippen LogP contribution in [0.2, 0.25) is 5.02 Å². The molecule has 0 atom stereocenters. The highest BCUT2D eigenvalue weighted by Crippen LogP contribution is 2.34. The van der Waals surface area contributed by atoms with Crippen molar-refractivity contribution < 1.29 is 14.8 Å². The number of nitro groups is 1. The number of non-ortho nitro benzene ring substituents is 1. The SMILES string of the molecule is O=[N+]([O-])c1cccc(Oc2c(Cl)cccc2CO)c1. The molecule has 98 valence electrons. The summed E-state index contributed by atoms with van der Waals surface area (Å²) in [5.74, 6) is 0.587. The molecule has 0 unspecified atom stereocenters. The van der Waals surface area contributed by atoms with Crippen LogP contribution >= 0.6 is 11.6 Å². The average molecular weight is 280 g/mol. The first-order valence-electron chi connectivity index (χ1n) is 5.42. The minimum Gasteiger partial charge on any atom is -0.455 e. The van der Waals surface area contributed by atoms with Crippen LogP contribution in [0.4, 0.5) is 5.69 Å². The molecule has 0 spiro atoms. The molecular weight excluding hydrogens is 270 g/mol. The first kappa shape index (κ1) is 13.3. The Morgan fingerprint density at radius 1 is 1.26 bits per heavy atom. The molecule has 2 rings (SSSR count). The Labute approximate surface area is 114 Å². The largest absolute Gasteiger partial charge is 0.455 e. The van der Waals surface area contributed by atoms with E-state index in [0.29, 0.717) is 16.3 Å². The van der Waals surface area contributed by atoms with Crippen LogP contribution in [0, 0.1) is 10.1 Å². The summed E-state index contributed by atoms with van der Waals surface area (Å²) in [5.41, 5.74) is 0.439. The summed E-state index contributed by atoms with van der Waals surface area (Å²) >= 11 is 5.99. The van der Waals surface area contributed by atoms with Crippen molar-refractivity contribution in [3.8, 4) is 11.5 Å². The standard InChI is InChI=1S/C13H10ClNO4/c14-12-6-1-3-9(8-16)13(12)19-11-5-2-4-10(7-11)15(17)18/h1-7,16H,8H2. The van der Waals surface area contributed by atoms with Gasteiger partial charge in [-0.3, -0.25) is 10.1 Å². The number of nitro benzene ring substituents is 1. The molecule has 0 aliphatic heterocycles. The third-order valence-electron chi connectivity index (χ3n) is 2.47. The summed E-state index contributed by atoms with van der Waals surface area (Å²) in [4.78, 5) is 10.2. The number of hydrogen-bond acceptors (Lipinski definition) is 4. The molecule has 0 saturated carbocycles. The Morgan fingerprint density at radius 3 is 2.68 bits per heavy atom. The summed E-state index contributed by atoms with van der Waals surface area (Å²) in [5, 5.41) is 20.2. The van der Waals surface area contributed by atoms with Gasteiger partial charge in [0.05, 0.1) is 22.6 Å². The normalized spacial score (nSPS) is 10.2. The molecule has 0 bridgehead atoms. The summed E-state index contributed by atoms with van der Waals surface area (Å²) in [6.45, 7) is -0.231. The van der Waals surface area contributed by atoms with E-state index in [1.54, 1.807) is 24.3 Å². The van der Waals surface area contributed by atoms with Crippen LogP contribution in [0.15, 0.2) is 42.5 Å². The number of halogens is 1. The second-order valence-electron chi connectivity index (χ2n) is 3.74. The number of aliphatic hydroxyl groups excluding tert-OH is 1. The van der Waals surface area contributed by atoms with Gasteiger partial charge in [0.15, 0.2) is 5.75 Å². The van der Waals surface area contributed by atoms with Gasteiger partial charge >= 0.3 is 0 Å². The summed E-state index contributed by atoms with van der Waals surface area (Å²) in [6.07, 6.45) is 0. The van der Waals surface area contributed by atoms with E-state index in [4.69, 9.17) is 16.3 Å². The average Bonchev–Trinajstić information content (AvgIpc) is 2.41. The number of ether oxygens (including phenoxy) is 1. The highest BCUT2D eigenvalue weighted by molar-refractivity contribution is 6.32. The fourth-order valence-electron chi connectivity index (χ4n) is 1.57. The molecule has 0 radical (unpaired) electrons. The summed E-state index contributed by atoms with van der Waals surface area (Å²) in [6, 6.07) is 10.7. The van der Waals surface area contributed by atoms with Crippen LogP contribution in [0.3, 0.4) is 0 Å². The molecule has 0 aliphatic rings. The lowest BCUT2D eigenvalue weighted by Crippen LogP contribution is -1.94. The molecule has 0 aliphatic carbocycles. The number of rotatable bonds is 4. The lowest BCUT2D eigenvalue weighted by atomic mass is 10.2. The lowest BCUT2D eigenvalue weighted by molar-refractivity contribution is -0.384. The van der Waals surface area contributed by atoms with E-state index in [1.807, 2.05) is 0 Å². The molecule has 0 heterocycles. The Kier molecular flexibility index (Phi) is 3.99. The second-order valence-corrected chi connectivity index (χ2v) is 4.15. The molecule has 2 aromatic rings. The van der Waals surface area contributed by atoms with Gasteiger partial charge in [0.2, 0.25) is 0 Å². The van der Waals surface area contributed by atoms with Crippen molar-refractivity contribution in [1.82, 2.24) is 0 Å². The van der Waals surface area contributed by atoms with Crippen LogP contribution in [0.5, 0.6) is 11.5 Å². The zero-order chi connectivity index (χ0) is 13.8. The number of hydrogen-bond donors (Lipinski definition) is 1. The number of benzene rings is 2. The molecule has 0 saturated heterocycles. The van der Waals surface area contributed by atoms with Crippen LogP contribution in [0.25, 0.3) is 0 Å². The fourth-order valence-corrected chi connectivity index (χ4v) is 1.80. The zero-order valence-electron chi connectivity index (χ0n) is 9.75. The van der Waals surface area contributed by atoms with Crippen LogP contribution in [-0.4, -0.2) is 10.0 Å². The Morgan fingerprint density at radius 2 is 2.00 bits per heavy atom. The summed E-state index contributed by atoms with van der Waals surface area (Å²) in [7, 11) is 0. The number of nitrogens with zero attached hydrogens (tertiary/aromatic N) is 1. The van der Waals surface area contributed by atoms with Gasteiger partial charge in [-0.1, -0.05) is 29.8 Å². The topological polar surface area (TPSA) is 72.6 Å². The maximum atomic E-state index is 10.7. The summed E-state index contributed by atoms with van der Waals surface area (Å²) < 4.78 is 5.53. The Hall–Kier alpha value is -2.11. The van der Waals surface area contributed by atoms with Crippen molar-refractivity contribution in [2.24, 2.45) is 0 Å². The fraction of sp³-hybridized carbons (Fsp3) is 0.0769. The first-order valence-corrected chi connectivity index (χ1v) is 5.80. The molecule has 1 N–H and O–H groups in total. The van der Waals surface area contributed by atoms with E-state index in [1.165, 1.54) is 18.2 Å². The van der Waals surface area contributed by atoms with E-state index in [-0.39, 0.29) is 18.0 Å². The molecule has 0 fully saturated rings. The lowest BCUT2D eigenvalue weighted by Gasteiger charge is -2.11. The van der Waals surface area contributed by atoms with Crippen molar-refractivity contribution in [2.75, 3.05) is 0 Å². The monoisotopic (exact) mass is 279 g/mol. The van der Waals surface area contributed by atoms with Gasteiger partial charge in [-0.05, 0) is 12.1 Å². The van der Waals surface area contributed by atoms with E-state index in [2.05, 4.69) is 0 Å². The van der Waals surface area contributed by atoms with E-state index >= 15 is 0 Å². The van der Waals surface area contributed by atoms with E-state index < -0.39 is 4.92 Å². The van der Waals surface area contributed by atoms with Crippen LogP contribution in [0.1, 0.15) is 5.56 Å². The molecule has 0 amide bonds. The van der Waals surface area contributed by atoms with Crippen molar-refractivity contribution in [3.05, 3.63) is 63.2 Å². The number of aliphatic hydroxyl groups is 1. The predicted octanol–water partition coefficient (Wildman–Crippen LogP) is 3.53. The van der Waals surface area contributed by atoms with Gasteiger partial charge in [0.25, 0.3) is 5.69 Å². The Bertz CT molecular complexity index is 615. The third kappa shape index (κ3) is 3.01. The molecule has 19 heavy (non-hydrogen) atoms. The molecule has 0 aromatic heterocycles. The zero-order valence-corrected chi connectivity index (χ0v) is 10.5. The van der Waals surface area contributed by atoms with Gasteiger partial charge in [-0.2, -0.15) is 0 Å². The predicted molar refractivity (Wildman–Crippen MR) is 70.5 cm³/mol. The number of para-hydroxylation sites is 1. The van der Waals surface area contributed by atoms with Crippen molar-refractivity contribution >= 4 is 17.3 Å². The smallest absolute Gasteiger partial charge is 0.273 e. The van der Waals surface area contributed by atoms with Crippen molar-refractivity contribution in [1.29, 1.82) is 0 Å². The minimum absolute atomic E-state index is 0.0740. The van der Waals surface area contributed by atoms with Gasteiger partial charge < -0.3 is 9.84 Å². The van der Waals surface area contributed by atoms with Crippen molar-refractivity contribution in [2.45, 2.75) is 6.61 Å².